The fourth-order valence-corrected chi connectivity index (χ4v) is 9.25. The van der Waals surface area contributed by atoms with Gasteiger partial charge in [0.05, 0.1) is 16.3 Å². The van der Waals surface area contributed by atoms with Crippen molar-refractivity contribution in [2.24, 2.45) is 0 Å². The average molecular weight is 365 g/mol. The number of hydrogen-bond donors (Lipinski definition) is 1. The van der Waals surface area contributed by atoms with Crippen molar-refractivity contribution in [3.63, 3.8) is 0 Å². The van der Waals surface area contributed by atoms with E-state index in [1.807, 2.05) is 0 Å². The third kappa shape index (κ3) is 10.5. The largest absolute Gasteiger partial charge is 0.460 e. The molecule has 1 N–H and O–H groups in total. The number of carbonyl (C=O) groups excluding carboxylic acids is 1. The summed E-state index contributed by atoms with van der Waals surface area (Å²) in [4.78, 5) is 11.4. The van der Waals surface area contributed by atoms with Crippen molar-refractivity contribution in [1.29, 1.82) is 0 Å². The monoisotopic (exact) mass is 364 g/mol. The van der Waals surface area contributed by atoms with E-state index in [2.05, 4.69) is 45.9 Å². The van der Waals surface area contributed by atoms with E-state index in [1.54, 1.807) is 6.92 Å². The van der Waals surface area contributed by atoms with E-state index in [1.165, 1.54) is 0 Å². The molecule has 0 fully saturated rings. The molecular weight excluding hydrogens is 332 g/mol. The summed E-state index contributed by atoms with van der Waals surface area (Å²) in [7, 11) is -3.01. The van der Waals surface area contributed by atoms with E-state index in [0.717, 1.165) is 0 Å². The van der Waals surface area contributed by atoms with Crippen LogP contribution in [0.1, 0.15) is 13.3 Å². The average Bonchev–Trinajstić information content (AvgIpc) is 2.18. The molecule has 8 heteroatoms. The first-order valence-electron chi connectivity index (χ1n) is 7.55. The van der Waals surface area contributed by atoms with Crippen LogP contribution < -0.4 is 0 Å². The molecule has 0 aromatic rings. The molecule has 0 saturated heterocycles. The Labute approximate surface area is 139 Å². The Kier molecular flexibility index (Phi) is 7.93. The van der Waals surface area contributed by atoms with Gasteiger partial charge in [-0.1, -0.05) is 6.58 Å². The van der Waals surface area contributed by atoms with Crippen molar-refractivity contribution in [2.75, 3.05) is 6.61 Å². The molecule has 0 heterocycles. The molecule has 130 valence electrons. The standard InChI is InChI=1S/C14H32O5Si3/c1-11(2)13(16)17-10-12(15)9-14(20,18-21(3,4)5)19-22(6,7)8/h12,15H,1,9-10H2,2-8,20H3. The van der Waals surface area contributed by atoms with Gasteiger partial charge in [0.2, 0.25) is 0 Å². The fraction of sp³-hybridized carbons (Fsp3) is 0.786. The second-order valence-electron chi connectivity index (χ2n) is 7.80. The first-order chi connectivity index (χ1) is 9.64. The van der Waals surface area contributed by atoms with Crippen LogP contribution in [0.25, 0.3) is 0 Å². The number of carbonyl (C=O) groups is 1. The SMILES string of the molecule is C=C(C)C(=O)OCC(O)CC([SiH3])(O[Si](C)(C)C)O[Si](C)(C)C. The second-order valence-corrected chi connectivity index (χ2v) is 18.2. The molecule has 0 aliphatic heterocycles. The van der Waals surface area contributed by atoms with Gasteiger partial charge in [0, 0.05) is 12.0 Å². The van der Waals surface area contributed by atoms with E-state index in [-0.39, 0.29) is 6.61 Å². The molecule has 0 aliphatic rings. The van der Waals surface area contributed by atoms with Crippen LogP contribution in [0, 0.1) is 0 Å². The lowest BCUT2D eigenvalue weighted by molar-refractivity contribution is -0.145. The summed E-state index contributed by atoms with van der Waals surface area (Å²) < 4.78 is 17.5. The van der Waals surface area contributed by atoms with Crippen LogP contribution in [0.15, 0.2) is 12.2 Å². The zero-order chi connectivity index (χ0) is 17.8. The summed E-state index contributed by atoms with van der Waals surface area (Å²) in [5.74, 6) is -0.491. The molecule has 0 radical (unpaired) electrons. The number of aliphatic hydroxyl groups is 1. The van der Waals surface area contributed by atoms with Crippen molar-refractivity contribution in [2.45, 2.75) is 64.1 Å². The Balaban J connectivity index is 4.83. The Morgan fingerprint density at radius 1 is 1.18 bits per heavy atom. The molecule has 5 nitrogen and oxygen atoms in total. The molecule has 0 aliphatic carbocycles. The van der Waals surface area contributed by atoms with Crippen LogP contribution in [-0.2, 0) is 18.4 Å². The third-order valence-electron chi connectivity index (χ3n) is 2.41. The lowest BCUT2D eigenvalue weighted by Gasteiger charge is -2.41. The maximum absolute atomic E-state index is 11.4. The van der Waals surface area contributed by atoms with Gasteiger partial charge >= 0.3 is 5.97 Å². The maximum atomic E-state index is 11.4. The summed E-state index contributed by atoms with van der Waals surface area (Å²) in [5.41, 5.74) is -0.412. The Morgan fingerprint density at radius 2 is 1.59 bits per heavy atom. The molecule has 0 saturated carbocycles. The summed E-state index contributed by atoms with van der Waals surface area (Å²) in [6, 6.07) is 0. The molecule has 0 bridgehead atoms. The third-order valence-corrected chi connectivity index (χ3v) is 6.13. The molecule has 0 spiro atoms. The van der Waals surface area contributed by atoms with Gasteiger partial charge in [-0.05, 0) is 46.2 Å². The Morgan fingerprint density at radius 3 is 1.91 bits per heavy atom. The minimum Gasteiger partial charge on any atom is -0.460 e. The van der Waals surface area contributed by atoms with Gasteiger partial charge in [0.15, 0.2) is 16.6 Å². The molecule has 1 atom stereocenters. The lowest BCUT2D eigenvalue weighted by Crippen LogP contribution is -2.52. The molecule has 0 aromatic carbocycles. The predicted octanol–water partition coefficient (Wildman–Crippen LogP) is 1.58. The van der Waals surface area contributed by atoms with Crippen LogP contribution in [0.5, 0.6) is 0 Å². The van der Waals surface area contributed by atoms with E-state index in [0.29, 0.717) is 22.2 Å². The quantitative estimate of drug-likeness (QED) is 0.291. The van der Waals surface area contributed by atoms with Gasteiger partial charge in [0.1, 0.15) is 12.0 Å². The van der Waals surface area contributed by atoms with Crippen molar-refractivity contribution in [3.05, 3.63) is 12.2 Å². The summed E-state index contributed by atoms with van der Waals surface area (Å²) in [6.45, 7) is 17.6. The predicted molar refractivity (Wildman–Crippen MR) is 97.9 cm³/mol. The number of rotatable bonds is 9. The van der Waals surface area contributed by atoms with E-state index in [4.69, 9.17) is 13.6 Å². The van der Waals surface area contributed by atoms with Crippen molar-refractivity contribution < 1.29 is 23.5 Å². The van der Waals surface area contributed by atoms with E-state index >= 15 is 0 Å². The number of aliphatic hydroxyl groups excluding tert-OH is 1. The van der Waals surface area contributed by atoms with Crippen LogP contribution in [0.4, 0.5) is 0 Å². The number of hydrogen-bond acceptors (Lipinski definition) is 5. The van der Waals surface area contributed by atoms with Gasteiger partial charge in [-0.25, -0.2) is 4.79 Å². The normalized spacial score (nSPS) is 14.7. The molecule has 0 rings (SSSR count). The molecule has 22 heavy (non-hydrogen) atoms. The highest BCUT2D eigenvalue weighted by molar-refractivity contribution is 6.71. The smallest absolute Gasteiger partial charge is 0.333 e. The molecule has 0 aromatic heterocycles. The highest BCUT2D eigenvalue weighted by Gasteiger charge is 2.38. The molecule has 1 unspecified atom stereocenters. The van der Waals surface area contributed by atoms with Gasteiger partial charge in [-0.15, -0.1) is 0 Å². The zero-order valence-corrected chi connectivity index (χ0v) is 19.3. The molecule has 0 amide bonds. The van der Waals surface area contributed by atoms with Gasteiger partial charge in [-0.2, -0.15) is 0 Å². The fourth-order valence-electron chi connectivity index (χ4n) is 2.18. The van der Waals surface area contributed by atoms with Crippen molar-refractivity contribution >= 4 is 32.8 Å². The first kappa shape index (κ1) is 21.7. The van der Waals surface area contributed by atoms with Crippen LogP contribution in [-0.4, -0.2) is 56.1 Å². The summed E-state index contributed by atoms with van der Waals surface area (Å²) in [5, 5.41) is 10.2. The lowest BCUT2D eigenvalue weighted by atomic mass is 10.2. The van der Waals surface area contributed by atoms with Crippen LogP contribution >= 0.6 is 0 Å². The van der Waals surface area contributed by atoms with Crippen LogP contribution in [0.2, 0.25) is 39.3 Å². The first-order valence-corrected chi connectivity index (χ1v) is 15.4. The second kappa shape index (κ2) is 8.02. The van der Waals surface area contributed by atoms with Crippen LogP contribution in [0.3, 0.4) is 0 Å². The number of ether oxygens (including phenoxy) is 1. The minimum atomic E-state index is -1.82. The Hall–Kier alpha value is -0.259. The van der Waals surface area contributed by atoms with Gasteiger partial charge in [-0.3, -0.25) is 0 Å². The number of esters is 1. The maximum Gasteiger partial charge on any atom is 0.333 e. The summed E-state index contributed by atoms with van der Waals surface area (Å²) >= 11 is 0. The zero-order valence-electron chi connectivity index (χ0n) is 15.3. The van der Waals surface area contributed by atoms with Gasteiger partial charge in [0.25, 0.3) is 0 Å². The topological polar surface area (TPSA) is 65.0 Å². The highest BCUT2D eigenvalue weighted by Crippen LogP contribution is 2.26. The van der Waals surface area contributed by atoms with E-state index in [9.17, 15) is 9.90 Å². The van der Waals surface area contributed by atoms with Gasteiger partial charge < -0.3 is 18.7 Å². The van der Waals surface area contributed by atoms with E-state index < -0.39 is 34.1 Å². The minimum absolute atomic E-state index is 0.0696. The summed E-state index contributed by atoms with van der Waals surface area (Å²) in [6.07, 6.45) is -0.495. The highest BCUT2D eigenvalue weighted by atomic mass is 28.4. The van der Waals surface area contributed by atoms with Crippen molar-refractivity contribution in [1.82, 2.24) is 0 Å². The Bertz CT molecular complexity index is 382. The molecular formula is C14H32O5Si3. The van der Waals surface area contributed by atoms with Crippen molar-refractivity contribution in [3.8, 4) is 0 Å².